The van der Waals surface area contributed by atoms with Crippen molar-refractivity contribution < 1.29 is 0 Å². The summed E-state index contributed by atoms with van der Waals surface area (Å²) in [5.74, 6) is 0.789. The zero-order chi connectivity index (χ0) is 18.1. The highest BCUT2D eigenvalue weighted by Gasteiger charge is 2.16. The molecule has 0 amide bonds. The first-order valence-corrected chi connectivity index (χ1v) is 9.78. The second-order valence-electron chi connectivity index (χ2n) is 6.54. The van der Waals surface area contributed by atoms with Crippen LogP contribution in [0.15, 0.2) is 10.9 Å². The summed E-state index contributed by atoms with van der Waals surface area (Å²) < 4.78 is 2.55. The van der Waals surface area contributed by atoms with Gasteiger partial charge in [-0.05, 0) is 58.5 Å². The minimum Gasteiger partial charge on any atom is -0.304 e. The number of halogens is 2. The van der Waals surface area contributed by atoms with Crippen LogP contribution in [0.5, 0.6) is 0 Å². The van der Waals surface area contributed by atoms with E-state index in [2.05, 4.69) is 36.7 Å². The van der Waals surface area contributed by atoms with E-state index < -0.39 is 0 Å². The van der Waals surface area contributed by atoms with Crippen LogP contribution in [0.3, 0.4) is 0 Å². The minimum absolute atomic E-state index is 0. The van der Waals surface area contributed by atoms with Gasteiger partial charge in [0.15, 0.2) is 0 Å². The molecule has 0 fully saturated rings. The molecule has 0 radical (unpaired) electrons. The molecular weight excluding hydrogens is 403 g/mol. The standard InChI is InChI=1S/C19H26N4OS.2ClH/c1-6-22(7-2)9-8-10-23-14(5)21-16-15-12(3)11-13(4)20-18(15)25-17(16)19(23)24;;/h11H,6-10H2,1-5H3;2*1H. The van der Waals surface area contributed by atoms with E-state index in [9.17, 15) is 4.79 Å². The number of pyridine rings is 1. The molecule has 0 aliphatic rings. The predicted octanol–water partition coefficient (Wildman–Crippen LogP) is 4.51. The Bertz CT molecular complexity index is 979. The van der Waals surface area contributed by atoms with E-state index in [1.807, 2.05) is 18.4 Å². The van der Waals surface area contributed by atoms with Crippen molar-refractivity contribution in [2.24, 2.45) is 0 Å². The maximum atomic E-state index is 13.0. The van der Waals surface area contributed by atoms with Crippen LogP contribution in [0, 0.1) is 20.8 Å². The molecule has 0 atom stereocenters. The van der Waals surface area contributed by atoms with Crippen molar-refractivity contribution in [3.05, 3.63) is 33.5 Å². The van der Waals surface area contributed by atoms with Gasteiger partial charge < -0.3 is 4.90 Å². The normalized spacial score (nSPS) is 11.0. The average Bonchev–Trinajstić information content (AvgIpc) is 2.92. The van der Waals surface area contributed by atoms with Gasteiger partial charge in [-0.25, -0.2) is 9.97 Å². The number of rotatable bonds is 6. The summed E-state index contributed by atoms with van der Waals surface area (Å²) in [6, 6.07) is 2.06. The molecule has 150 valence electrons. The summed E-state index contributed by atoms with van der Waals surface area (Å²) in [5, 5.41) is 1.03. The fraction of sp³-hybridized carbons (Fsp3) is 0.526. The summed E-state index contributed by atoms with van der Waals surface area (Å²) in [4.78, 5) is 25.7. The van der Waals surface area contributed by atoms with Crippen LogP contribution in [0.2, 0.25) is 0 Å². The average molecular weight is 431 g/mol. The SMILES string of the molecule is CCN(CC)CCCn1c(C)nc2c(sc3nc(C)cc(C)c32)c1=O.Cl.Cl. The lowest BCUT2D eigenvalue weighted by atomic mass is 10.1. The molecule has 0 saturated carbocycles. The van der Waals surface area contributed by atoms with Gasteiger partial charge >= 0.3 is 0 Å². The molecular formula is C19H28Cl2N4OS. The lowest BCUT2D eigenvalue weighted by Gasteiger charge is -2.18. The van der Waals surface area contributed by atoms with Crippen LogP contribution in [-0.4, -0.2) is 39.1 Å². The topological polar surface area (TPSA) is 51.0 Å². The molecule has 8 heteroatoms. The van der Waals surface area contributed by atoms with Gasteiger partial charge in [0.2, 0.25) is 0 Å². The van der Waals surface area contributed by atoms with Gasteiger partial charge in [-0.2, -0.15) is 0 Å². The molecule has 0 aliphatic heterocycles. The summed E-state index contributed by atoms with van der Waals surface area (Å²) >= 11 is 1.47. The Hall–Kier alpha value is -1.21. The highest BCUT2D eigenvalue weighted by molar-refractivity contribution is 7.25. The third-order valence-electron chi connectivity index (χ3n) is 4.82. The van der Waals surface area contributed by atoms with Gasteiger partial charge in [0, 0.05) is 17.6 Å². The summed E-state index contributed by atoms with van der Waals surface area (Å²) in [6.07, 6.45) is 0.955. The van der Waals surface area contributed by atoms with E-state index in [4.69, 9.17) is 4.98 Å². The molecule has 0 aromatic carbocycles. The van der Waals surface area contributed by atoms with Crippen LogP contribution < -0.4 is 5.56 Å². The highest BCUT2D eigenvalue weighted by atomic mass is 35.5. The predicted molar refractivity (Wildman–Crippen MR) is 120 cm³/mol. The van der Waals surface area contributed by atoms with Crippen molar-refractivity contribution in [1.29, 1.82) is 0 Å². The number of aromatic nitrogens is 3. The Balaban J connectivity index is 0.00000182. The van der Waals surface area contributed by atoms with E-state index in [-0.39, 0.29) is 30.4 Å². The second-order valence-corrected chi connectivity index (χ2v) is 7.54. The molecule has 0 spiro atoms. The van der Waals surface area contributed by atoms with Gasteiger partial charge in [0.1, 0.15) is 15.4 Å². The Morgan fingerprint density at radius 2 is 1.78 bits per heavy atom. The molecule has 3 aromatic rings. The van der Waals surface area contributed by atoms with Crippen molar-refractivity contribution in [3.8, 4) is 0 Å². The van der Waals surface area contributed by atoms with Gasteiger partial charge in [-0.1, -0.05) is 13.8 Å². The fourth-order valence-electron chi connectivity index (χ4n) is 3.42. The lowest BCUT2D eigenvalue weighted by molar-refractivity contribution is 0.292. The summed E-state index contributed by atoms with van der Waals surface area (Å²) in [6.45, 7) is 14.1. The van der Waals surface area contributed by atoms with Crippen LogP contribution in [0.4, 0.5) is 0 Å². The second kappa shape index (κ2) is 9.82. The molecule has 3 aromatic heterocycles. The zero-order valence-electron chi connectivity index (χ0n) is 16.5. The number of thiophene rings is 1. The Morgan fingerprint density at radius 1 is 1.11 bits per heavy atom. The molecule has 27 heavy (non-hydrogen) atoms. The third kappa shape index (κ3) is 4.62. The number of nitrogens with zero attached hydrogens (tertiary/aromatic N) is 4. The monoisotopic (exact) mass is 430 g/mol. The van der Waals surface area contributed by atoms with Crippen molar-refractivity contribution in [1.82, 2.24) is 19.4 Å². The van der Waals surface area contributed by atoms with E-state index in [0.717, 1.165) is 63.6 Å². The Morgan fingerprint density at radius 3 is 2.41 bits per heavy atom. The molecule has 0 aliphatic carbocycles. The Labute approximate surface area is 176 Å². The third-order valence-corrected chi connectivity index (χ3v) is 5.88. The van der Waals surface area contributed by atoms with Gasteiger partial charge in [0.05, 0.1) is 5.52 Å². The van der Waals surface area contributed by atoms with Crippen molar-refractivity contribution >= 4 is 56.6 Å². The largest absolute Gasteiger partial charge is 0.304 e. The number of hydrogen-bond donors (Lipinski definition) is 0. The van der Waals surface area contributed by atoms with E-state index >= 15 is 0 Å². The van der Waals surface area contributed by atoms with Crippen molar-refractivity contribution in [2.45, 2.75) is 47.6 Å². The van der Waals surface area contributed by atoms with Gasteiger partial charge in [-0.3, -0.25) is 9.36 Å². The fourth-order valence-corrected chi connectivity index (χ4v) is 4.61. The van der Waals surface area contributed by atoms with Gasteiger partial charge in [0.25, 0.3) is 5.56 Å². The van der Waals surface area contributed by atoms with Gasteiger partial charge in [-0.15, -0.1) is 36.2 Å². The molecule has 0 N–H and O–H groups in total. The summed E-state index contributed by atoms with van der Waals surface area (Å²) in [5.41, 5.74) is 3.00. The van der Waals surface area contributed by atoms with Crippen LogP contribution in [0.1, 0.15) is 37.4 Å². The first kappa shape index (κ1) is 23.8. The maximum absolute atomic E-state index is 13.0. The quantitative estimate of drug-likeness (QED) is 0.577. The van der Waals surface area contributed by atoms with Crippen LogP contribution >= 0.6 is 36.2 Å². The Kier molecular flexibility index (Phi) is 8.67. The minimum atomic E-state index is 0. The molecule has 0 unspecified atom stereocenters. The first-order chi connectivity index (χ1) is 12.0. The smallest absolute Gasteiger partial charge is 0.271 e. The number of aryl methyl sites for hydroxylation is 3. The molecule has 3 heterocycles. The van der Waals surface area contributed by atoms with Crippen LogP contribution in [0.25, 0.3) is 20.4 Å². The van der Waals surface area contributed by atoms with E-state index in [1.54, 1.807) is 0 Å². The zero-order valence-corrected chi connectivity index (χ0v) is 19.0. The molecule has 0 bridgehead atoms. The van der Waals surface area contributed by atoms with Crippen LogP contribution in [-0.2, 0) is 6.54 Å². The molecule has 3 rings (SSSR count). The number of fused-ring (bicyclic) bond motifs is 3. The molecule has 5 nitrogen and oxygen atoms in total. The lowest BCUT2D eigenvalue weighted by Crippen LogP contribution is -2.28. The number of hydrogen-bond acceptors (Lipinski definition) is 5. The van der Waals surface area contributed by atoms with E-state index in [1.165, 1.54) is 11.3 Å². The molecule has 0 saturated heterocycles. The van der Waals surface area contributed by atoms with E-state index in [0.29, 0.717) is 6.54 Å². The summed E-state index contributed by atoms with van der Waals surface area (Å²) in [7, 11) is 0. The maximum Gasteiger partial charge on any atom is 0.271 e. The first-order valence-electron chi connectivity index (χ1n) is 8.96. The highest BCUT2D eigenvalue weighted by Crippen LogP contribution is 2.32. The van der Waals surface area contributed by atoms with Crippen molar-refractivity contribution in [3.63, 3.8) is 0 Å². The van der Waals surface area contributed by atoms with Crippen molar-refractivity contribution in [2.75, 3.05) is 19.6 Å².